The van der Waals surface area contributed by atoms with Crippen molar-refractivity contribution in [2.45, 2.75) is 12.4 Å². The maximum Gasteiger partial charge on any atom is 0.485 e. The Bertz CT molecular complexity index is 618. The van der Waals surface area contributed by atoms with Crippen LogP contribution in [0.1, 0.15) is 17.3 Å². The SMILES string of the molecule is CCOC(=O)c1ccc([N+](C)(C)C)cc1.O=S(=O)([O-])C(F)(F)F. The zero-order valence-corrected chi connectivity index (χ0v) is 13.9. The van der Waals surface area contributed by atoms with Gasteiger partial charge in [0, 0.05) is 0 Å². The molecule has 0 unspecified atom stereocenters. The largest absolute Gasteiger partial charge is 0.741 e. The van der Waals surface area contributed by atoms with Crippen LogP contribution in [0.3, 0.4) is 0 Å². The minimum Gasteiger partial charge on any atom is -0.741 e. The molecule has 0 aromatic heterocycles. The zero-order chi connectivity index (χ0) is 18.5. The van der Waals surface area contributed by atoms with E-state index in [2.05, 4.69) is 21.1 Å². The second kappa shape index (κ2) is 7.75. The Kier molecular flexibility index (Phi) is 7.20. The molecule has 0 N–H and O–H groups in total. The van der Waals surface area contributed by atoms with Crippen molar-refractivity contribution in [2.24, 2.45) is 0 Å². The van der Waals surface area contributed by atoms with Crippen molar-refractivity contribution in [3.63, 3.8) is 0 Å². The molecular weight excluding hydrogens is 339 g/mol. The van der Waals surface area contributed by atoms with Gasteiger partial charge in [-0.1, -0.05) is 0 Å². The number of quaternary nitrogens is 1. The number of carbonyl (C=O) groups is 1. The normalized spacial score (nSPS) is 12.2. The van der Waals surface area contributed by atoms with E-state index in [9.17, 15) is 18.0 Å². The van der Waals surface area contributed by atoms with Gasteiger partial charge in [-0.05, 0) is 31.2 Å². The van der Waals surface area contributed by atoms with Crippen molar-refractivity contribution in [1.82, 2.24) is 4.48 Å². The summed E-state index contributed by atoms with van der Waals surface area (Å²) >= 11 is 0. The summed E-state index contributed by atoms with van der Waals surface area (Å²) < 4.78 is 64.6. The molecule has 0 saturated carbocycles. The van der Waals surface area contributed by atoms with Crippen LogP contribution in [0.5, 0.6) is 0 Å². The molecule has 6 nitrogen and oxygen atoms in total. The van der Waals surface area contributed by atoms with Crippen LogP contribution in [0, 0.1) is 0 Å². The quantitative estimate of drug-likeness (QED) is 0.358. The minimum atomic E-state index is -6.09. The van der Waals surface area contributed by atoms with Crippen molar-refractivity contribution in [1.29, 1.82) is 0 Å². The number of nitrogens with zero attached hydrogens (tertiary/aromatic N) is 1. The molecule has 0 bridgehead atoms. The summed E-state index contributed by atoms with van der Waals surface area (Å²) in [5.41, 5.74) is -3.88. The van der Waals surface area contributed by atoms with Crippen LogP contribution >= 0.6 is 0 Å². The maximum atomic E-state index is 11.4. The Balaban J connectivity index is 0.000000515. The average molecular weight is 357 g/mol. The molecule has 0 aliphatic heterocycles. The van der Waals surface area contributed by atoms with Crippen LogP contribution in [-0.4, -0.2) is 52.2 Å². The summed E-state index contributed by atoms with van der Waals surface area (Å²) in [6.07, 6.45) is 0. The van der Waals surface area contributed by atoms with Gasteiger partial charge >= 0.3 is 11.5 Å². The molecule has 0 saturated heterocycles. The first-order valence-electron chi connectivity index (χ1n) is 6.31. The lowest BCUT2D eigenvalue weighted by atomic mass is 10.2. The van der Waals surface area contributed by atoms with E-state index in [0.29, 0.717) is 12.2 Å². The highest BCUT2D eigenvalue weighted by molar-refractivity contribution is 7.86. The number of rotatable bonds is 3. The second-order valence-electron chi connectivity index (χ2n) is 5.18. The Morgan fingerprint density at radius 3 is 1.83 bits per heavy atom. The topological polar surface area (TPSA) is 83.5 Å². The molecule has 0 amide bonds. The standard InChI is InChI=1S/C12H18NO2.CHF3O3S/c1-5-15-12(14)10-6-8-11(9-7-10)13(2,3)4;2-1(3,4)8(5,6)7/h6-9H,5H2,1-4H3;(H,5,6,7)/q+1;/p-1. The van der Waals surface area contributed by atoms with Gasteiger partial charge in [0.25, 0.3) is 0 Å². The molecular formula is C13H18F3NO5S. The fourth-order valence-electron chi connectivity index (χ4n) is 1.26. The minimum absolute atomic E-state index is 0.259. The monoisotopic (exact) mass is 357 g/mol. The molecule has 0 aliphatic rings. The molecule has 23 heavy (non-hydrogen) atoms. The third-order valence-corrected chi connectivity index (χ3v) is 3.00. The lowest BCUT2D eigenvalue weighted by Gasteiger charge is -2.23. The van der Waals surface area contributed by atoms with Gasteiger partial charge in [-0.15, -0.1) is 0 Å². The lowest BCUT2D eigenvalue weighted by Crippen LogP contribution is -2.34. The van der Waals surface area contributed by atoms with Crippen LogP contribution in [-0.2, 0) is 14.9 Å². The van der Waals surface area contributed by atoms with Crippen LogP contribution in [0.4, 0.5) is 18.9 Å². The lowest BCUT2D eigenvalue weighted by molar-refractivity contribution is -0.0517. The molecule has 1 aromatic carbocycles. The summed E-state index contributed by atoms with van der Waals surface area (Å²) in [5, 5.41) is 0. The van der Waals surface area contributed by atoms with Gasteiger partial charge in [0.2, 0.25) is 0 Å². The van der Waals surface area contributed by atoms with Crippen LogP contribution in [0.2, 0.25) is 0 Å². The molecule has 1 aromatic rings. The fourth-order valence-corrected chi connectivity index (χ4v) is 1.26. The van der Waals surface area contributed by atoms with Gasteiger partial charge in [-0.2, -0.15) is 13.2 Å². The average Bonchev–Trinajstić information content (AvgIpc) is 2.36. The highest BCUT2D eigenvalue weighted by atomic mass is 32.2. The molecule has 1 rings (SSSR count). The van der Waals surface area contributed by atoms with Crippen LogP contribution in [0.25, 0.3) is 0 Å². The van der Waals surface area contributed by atoms with Crippen molar-refractivity contribution >= 4 is 21.8 Å². The molecule has 0 fully saturated rings. The third-order valence-electron chi connectivity index (χ3n) is 2.44. The van der Waals surface area contributed by atoms with E-state index in [-0.39, 0.29) is 5.97 Å². The molecule has 132 valence electrons. The first-order valence-corrected chi connectivity index (χ1v) is 7.72. The Labute approximate surface area is 132 Å². The smallest absolute Gasteiger partial charge is 0.485 e. The van der Waals surface area contributed by atoms with E-state index in [4.69, 9.17) is 17.7 Å². The second-order valence-corrected chi connectivity index (χ2v) is 6.55. The van der Waals surface area contributed by atoms with Gasteiger partial charge in [0.05, 0.1) is 33.3 Å². The van der Waals surface area contributed by atoms with E-state index in [1.165, 1.54) is 0 Å². The molecule has 10 heteroatoms. The zero-order valence-electron chi connectivity index (χ0n) is 13.0. The number of halogens is 3. The van der Waals surface area contributed by atoms with Crippen LogP contribution < -0.4 is 4.48 Å². The molecule has 0 aliphatic carbocycles. The number of esters is 1. The summed E-state index contributed by atoms with van der Waals surface area (Å²) in [6, 6.07) is 7.51. The molecule has 0 atom stereocenters. The number of alkyl halides is 3. The molecule has 0 radical (unpaired) electrons. The van der Waals surface area contributed by atoms with Gasteiger partial charge in [0.15, 0.2) is 10.1 Å². The number of carbonyl (C=O) groups excluding carboxylic acids is 1. The van der Waals surface area contributed by atoms with Gasteiger partial charge in [-0.25, -0.2) is 13.2 Å². The number of hydrogen-bond acceptors (Lipinski definition) is 5. The fraction of sp³-hybridized carbons (Fsp3) is 0.462. The van der Waals surface area contributed by atoms with Crippen molar-refractivity contribution in [3.8, 4) is 0 Å². The Hall–Kier alpha value is -1.65. The van der Waals surface area contributed by atoms with Gasteiger partial charge in [-0.3, -0.25) is 4.48 Å². The van der Waals surface area contributed by atoms with Gasteiger partial charge < -0.3 is 9.29 Å². The van der Waals surface area contributed by atoms with Crippen molar-refractivity contribution in [3.05, 3.63) is 29.8 Å². The first-order chi connectivity index (χ1) is 10.2. The highest BCUT2D eigenvalue weighted by Gasteiger charge is 2.36. The van der Waals surface area contributed by atoms with E-state index >= 15 is 0 Å². The van der Waals surface area contributed by atoms with E-state index in [0.717, 1.165) is 10.2 Å². The number of benzene rings is 1. The first kappa shape index (κ1) is 21.4. The Morgan fingerprint density at radius 2 is 1.57 bits per heavy atom. The van der Waals surface area contributed by atoms with E-state index in [1.807, 2.05) is 12.1 Å². The van der Waals surface area contributed by atoms with E-state index in [1.54, 1.807) is 19.1 Å². The molecule has 0 spiro atoms. The predicted molar refractivity (Wildman–Crippen MR) is 77.7 cm³/mol. The summed E-state index contributed by atoms with van der Waals surface area (Å²) in [5.74, 6) is -0.259. The molecule has 0 heterocycles. The summed E-state index contributed by atoms with van der Waals surface area (Å²) in [7, 11) is 0.158. The number of ether oxygens (including phenoxy) is 1. The number of hydrogen-bond donors (Lipinski definition) is 0. The Morgan fingerprint density at radius 1 is 1.17 bits per heavy atom. The van der Waals surface area contributed by atoms with Crippen molar-refractivity contribution < 1.29 is 35.7 Å². The maximum absolute atomic E-state index is 11.4. The van der Waals surface area contributed by atoms with Gasteiger partial charge in [0.1, 0.15) is 5.69 Å². The van der Waals surface area contributed by atoms with Crippen LogP contribution in [0.15, 0.2) is 24.3 Å². The van der Waals surface area contributed by atoms with Crippen molar-refractivity contribution in [2.75, 3.05) is 27.7 Å². The predicted octanol–water partition coefficient (Wildman–Crippen LogP) is 2.11. The highest BCUT2D eigenvalue weighted by Crippen LogP contribution is 2.20. The summed E-state index contributed by atoms with van der Waals surface area (Å²) in [4.78, 5) is 11.4. The summed E-state index contributed by atoms with van der Waals surface area (Å²) in [6.45, 7) is 2.22. The van der Waals surface area contributed by atoms with E-state index < -0.39 is 15.6 Å². The third kappa shape index (κ3) is 7.44.